The Kier molecular flexibility index (Phi) is 3.86. The molecule has 1 saturated carbocycles. The molecule has 0 bridgehead atoms. The number of rotatable bonds is 3. The van der Waals surface area contributed by atoms with Crippen LogP contribution in [0.4, 0.5) is 5.69 Å². The Labute approximate surface area is 139 Å². The average molecular weight is 341 g/mol. The van der Waals surface area contributed by atoms with Gasteiger partial charge in [-0.2, -0.15) is 0 Å². The van der Waals surface area contributed by atoms with E-state index in [0.29, 0.717) is 17.7 Å². The van der Waals surface area contributed by atoms with E-state index in [-0.39, 0.29) is 11.8 Å². The lowest BCUT2D eigenvalue weighted by Crippen LogP contribution is -2.28. The molecule has 4 nitrogen and oxygen atoms in total. The van der Waals surface area contributed by atoms with Gasteiger partial charge in [0.25, 0.3) is 5.91 Å². The van der Waals surface area contributed by atoms with Gasteiger partial charge in [-0.25, -0.2) is 0 Å². The van der Waals surface area contributed by atoms with Crippen molar-refractivity contribution in [2.45, 2.75) is 30.5 Å². The predicted octanol–water partition coefficient (Wildman–Crippen LogP) is 3.45. The van der Waals surface area contributed by atoms with Crippen LogP contribution in [0.3, 0.4) is 0 Å². The van der Waals surface area contributed by atoms with Gasteiger partial charge in [-0.1, -0.05) is 0 Å². The van der Waals surface area contributed by atoms with Gasteiger partial charge in [0.05, 0.1) is 5.41 Å². The summed E-state index contributed by atoms with van der Waals surface area (Å²) in [5.74, 6) is -0.152. The standard InChI is InChI=1S/C16H18Cl2N2O2/c1-15(10-16(15,17)18)14(22)19-12-6-4-11(5-7-12)13(21)20-8-2-3-9-20/h4-7H,2-3,8-10H2,1H3,(H,19,22). The maximum atomic E-state index is 12.2. The molecule has 0 radical (unpaired) electrons. The number of hydrogen-bond donors (Lipinski definition) is 1. The fourth-order valence-electron chi connectivity index (χ4n) is 2.71. The molecular formula is C16H18Cl2N2O2. The molecule has 1 aliphatic carbocycles. The summed E-state index contributed by atoms with van der Waals surface area (Å²) in [5.41, 5.74) is 0.530. The fourth-order valence-corrected chi connectivity index (χ4v) is 3.42. The van der Waals surface area contributed by atoms with Crippen molar-refractivity contribution >= 4 is 40.7 Å². The molecule has 2 amide bonds. The summed E-state index contributed by atoms with van der Waals surface area (Å²) in [5, 5.41) is 2.80. The molecule has 1 aromatic rings. The van der Waals surface area contributed by atoms with Crippen LogP contribution in [0.15, 0.2) is 24.3 Å². The number of alkyl halides is 2. The van der Waals surface area contributed by atoms with Gasteiger partial charge in [0, 0.05) is 24.3 Å². The summed E-state index contributed by atoms with van der Waals surface area (Å²) in [6.07, 6.45) is 2.58. The number of amides is 2. The van der Waals surface area contributed by atoms with E-state index in [4.69, 9.17) is 23.2 Å². The first-order valence-electron chi connectivity index (χ1n) is 7.42. The molecule has 22 heavy (non-hydrogen) atoms. The van der Waals surface area contributed by atoms with E-state index in [1.54, 1.807) is 31.2 Å². The number of carbonyl (C=O) groups excluding carboxylic acids is 2. The van der Waals surface area contributed by atoms with Gasteiger partial charge >= 0.3 is 0 Å². The Morgan fingerprint density at radius 2 is 1.68 bits per heavy atom. The Bertz CT molecular complexity index is 609. The van der Waals surface area contributed by atoms with Crippen molar-refractivity contribution < 1.29 is 9.59 Å². The first-order valence-corrected chi connectivity index (χ1v) is 8.18. The predicted molar refractivity (Wildman–Crippen MR) is 87.4 cm³/mol. The van der Waals surface area contributed by atoms with Crippen molar-refractivity contribution in [3.63, 3.8) is 0 Å². The smallest absolute Gasteiger partial charge is 0.253 e. The number of benzene rings is 1. The van der Waals surface area contributed by atoms with Crippen LogP contribution < -0.4 is 5.32 Å². The lowest BCUT2D eigenvalue weighted by atomic mass is 10.1. The molecule has 0 aromatic heterocycles. The third kappa shape index (κ3) is 2.70. The highest BCUT2D eigenvalue weighted by Crippen LogP contribution is 2.64. The molecule has 3 rings (SSSR count). The maximum Gasteiger partial charge on any atom is 0.253 e. The number of carbonyl (C=O) groups is 2. The van der Waals surface area contributed by atoms with Crippen molar-refractivity contribution in [3.8, 4) is 0 Å². The zero-order chi connectivity index (χ0) is 16.0. The van der Waals surface area contributed by atoms with E-state index in [9.17, 15) is 9.59 Å². The zero-order valence-corrected chi connectivity index (χ0v) is 13.9. The van der Waals surface area contributed by atoms with E-state index in [0.717, 1.165) is 25.9 Å². The highest BCUT2D eigenvalue weighted by atomic mass is 35.5. The van der Waals surface area contributed by atoms with Gasteiger partial charge in [-0.05, 0) is 50.5 Å². The molecule has 1 saturated heterocycles. The molecule has 1 unspecified atom stereocenters. The van der Waals surface area contributed by atoms with Crippen LogP contribution in [0.5, 0.6) is 0 Å². The molecule has 1 heterocycles. The second-order valence-corrected chi connectivity index (χ2v) is 7.73. The van der Waals surface area contributed by atoms with E-state index in [1.807, 2.05) is 4.90 Å². The van der Waals surface area contributed by atoms with Crippen molar-refractivity contribution in [1.29, 1.82) is 0 Å². The largest absolute Gasteiger partial charge is 0.339 e. The number of nitrogens with one attached hydrogen (secondary N) is 1. The monoisotopic (exact) mass is 340 g/mol. The first kappa shape index (κ1) is 15.6. The van der Waals surface area contributed by atoms with Crippen LogP contribution in [0.25, 0.3) is 0 Å². The third-order valence-electron chi connectivity index (χ3n) is 4.54. The maximum absolute atomic E-state index is 12.2. The van der Waals surface area contributed by atoms with E-state index in [1.165, 1.54) is 0 Å². The van der Waals surface area contributed by atoms with Gasteiger partial charge in [-0.15, -0.1) is 23.2 Å². The molecule has 6 heteroatoms. The number of hydrogen-bond acceptors (Lipinski definition) is 2. The number of nitrogens with zero attached hydrogens (tertiary/aromatic N) is 1. The summed E-state index contributed by atoms with van der Waals surface area (Å²) >= 11 is 12.0. The van der Waals surface area contributed by atoms with Crippen LogP contribution in [-0.4, -0.2) is 34.1 Å². The topological polar surface area (TPSA) is 49.4 Å². The highest BCUT2D eigenvalue weighted by molar-refractivity contribution is 6.53. The summed E-state index contributed by atoms with van der Waals surface area (Å²) < 4.78 is -0.983. The quantitative estimate of drug-likeness (QED) is 0.856. The molecule has 1 atom stereocenters. The van der Waals surface area contributed by atoms with Gasteiger partial charge in [0.1, 0.15) is 4.33 Å². The van der Waals surface area contributed by atoms with Crippen LogP contribution in [-0.2, 0) is 4.79 Å². The Morgan fingerprint density at radius 1 is 1.14 bits per heavy atom. The molecule has 1 N–H and O–H groups in total. The van der Waals surface area contributed by atoms with Crippen molar-refractivity contribution in [2.24, 2.45) is 5.41 Å². The fraction of sp³-hybridized carbons (Fsp3) is 0.500. The summed E-state index contributed by atoms with van der Waals surface area (Å²) in [7, 11) is 0. The number of anilines is 1. The van der Waals surface area contributed by atoms with Crippen molar-refractivity contribution in [3.05, 3.63) is 29.8 Å². The summed E-state index contributed by atoms with van der Waals surface area (Å²) in [6.45, 7) is 3.39. The van der Waals surface area contributed by atoms with Crippen LogP contribution in [0.2, 0.25) is 0 Å². The normalized spacial score (nSPS) is 25.9. The van der Waals surface area contributed by atoms with Crippen LogP contribution in [0.1, 0.15) is 36.5 Å². The van der Waals surface area contributed by atoms with Gasteiger partial charge < -0.3 is 10.2 Å². The molecule has 1 aliphatic heterocycles. The Balaban J connectivity index is 1.65. The SMILES string of the molecule is CC1(C(=O)Nc2ccc(C(=O)N3CCCC3)cc2)CC1(Cl)Cl. The number of likely N-dealkylation sites (tertiary alicyclic amines) is 1. The van der Waals surface area contributed by atoms with E-state index in [2.05, 4.69) is 5.32 Å². The minimum Gasteiger partial charge on any atom is -0.339 e. The third-order valence-corrected chi connectivity index (χ3v) is 5.64. The van der Waals surface area contributed by atoms with Crippen molar-refractivity contribution in [2.75, 3.05) is 18.4 Å². The molecule has 118 valence electrons. The first-order chi connectivity index (χ1) is 10.3. The Hall–Kier alpha value is -1.26. The van der Waals surface area contributed by atoms with E-state index < -0.39 is 9.75 Å². The van der Waals surface area contributed by atoms with Crippen molar-refractivity contribution in [1.82, 2.24) is 4.90 Å². The molecule has 0 spiro atoms. The molecule has 1 aromatic carbocycles. The summed E-state index contributed by atoms with van der Waals surface area (Å²) in [6, 6.07) is 6.94. The lowest BCUT2D eigenvalue weighted by Gasteiger charge is -2.16. The second-order valence-electron chi connectivity index (χ2n) is 6.24. The lowest BCUT2D eigenvalue weighted by molar-refractivity contribution is -0.120. The highest BCUT2D eigenvalue weighted by Gasteiger charge is 2.67. The Morgan fingerprint density at radius 3 is 2.18 bits per heavy atom. The van der Waals surface area contributed by atoms with Gasteiger partial charge in [0.15, 0.2) is 0 Å². The zero-order valence-electron chi connectivity index (χ0n) is 12.4. The second kappa shape index (κ2) is 5.43. The molecule has 2 aliphatic rings. The van der Waals surface area contributed by atoms with Crippen LogP contribution in [0, 0.1) is 5.41 Å². The van der Waals surface area contributed by atoms with Gasteiger partial charge in [-0.3, -0.25) is 9.59 Å². The minimum absolute atomic E-state index is 0.0464. The molecule has 2 fully saturated rings. The average Bonchev–Trinajstić information content (AvgIpc) is 2.87. The minimum atomic E-state index is -0.983. The molecular weight excluding hydrogens is 323 g/mol. The van der Waals surface area contributed by atoms with E-state index >= 15 is 0 Å². The number of halogens is 2. The summed E-state index contributed by atoms with van der Waals surface area (Å²) in [4.78, 5) is 26.3. The van der Waals surface area contributed by atoms with Crippen LogP contribution >= 0.6 is 23.2 Å². The van der Waals surface area contributed by atoms with Gasteiger partial charge in [0.2, 0.25) is 5.91 Å².